The number of hydrogen-bond acceptors (Lipinski definition) is 5. The van der Waals surface area contributed by atoms with Gasteiger partial charge in [-0.25, -0.2) is 9.59 Å². The van der Waals surface area contributed by atoms with Gasteiger partial charge in [-0.05, 0) is 37.1 Å². The molecule has 0 spiro atoms. The van der Waals surface area contributed by atoms with Gasteiger partial charge in [0.2, 0.25) is 0 Å². The second-order valence-corrected chi connectivity index (χ2v) is 6.35. The van der Waals surface area contributed by atoms with E-state index in [0.717, 1.165) is 27.4 Å². The summed E-state index contributed by atoms with van der Waals surface area (Å²) in [6.07, 6.45) is 3.40. The van der Waals surface area contributed by atoms with Crippen LogP contribution in [0.3, 0.4) is 0 Å². The van der Waals surface area contributed by atoms with Gasteiger partial charge in [0.15, 0.2) is 0 Å². The van der Waals surface area contributed by atoms with Crippen molar-refractivity contribution in [2.45, 2.75) is 13.8 Å². The third kappa shape index (κ3) is 3.32. The Morgan fingerprint density at radius 2 is 1.68 bits per heavy atom. The second-order valence-electron chi connectivity index (χ2n) is 6.35. The molecule has 0 saturated carbocycles. The molecule has 0 saturated heterocycles. The molecule has 2 heterocycles. The van der Waals surface area contributed by atoms with Gasteiger partial charge in [0, 0.05) is 17.8 Å². The largest absolute Gasteiger partial charge is 0.478 e. The quantitative estimate of drug-likeness (QED) is 0.517. The van der Waals surface area contributed by atoms with Gasteiger partial charge in [-0.15, -0.1) is 0 Å². The molecule has 2 aromatic carbocycles. The number of carboxylic acids is 1. The number of rotatable bonds is 2. The first-order valence-corrected chi connectivity index (χ1v) is 8.50. The Bertz CT molecular complexity index is 1190. The Hall–Kier alpha value is -3.68. The molecule has 0 radical (unpaired) electrons. The summed E-state index contributed by atoms with van der Waals surface area (Å²) >= 11 is 0. The zero-order chi connectivity index (χ0) is 20.4. The Labute approximate surface area is 160 Å². The molecule has 0 fully saturated rings. The van der Waals surface area contributed by atoms with E-state index in [4.69, 9.17) is 9.84 Å². The molecular weight excluding hydrogens is 360 g/mol. The van der Waals surface area contributed by atoms with Crippen LogP contribution < -0.4 is 0 Å². The van der Waals surface area contributed by atoms with E-state index in [9.17, 15) is 9.59 Å². The lowest BCUT2D eigenvalue weighted by Gasteiger charge is -2.04. The SMILES string of the molecule is COC(=O)c1ccc(C)c2cnn(C)c12.Cc1ccc(C(=O)O)c2[nH]ncc12. The number of nitrogens with zero attached hydrogens (tertiary/aromatic N) is 3. The minimum Gasteiger partial charge on any atom is -0.478 e. The van der Waals surface area contributed by atoms with E-state index in [1.165, 1.54) is 7.11 Å². The van der Waals surface area contributed by atoms with Crippen LogP contribution in [-0.2, 0) is 11.8 Å². The number of carboxylic acid groups (broad SMARTS) is 1. The molecule has 0 aliphatic heterocycles. The van der Waals surface area contributed by atoms with Gasteiger partial charge >= 0.3 is 11.9 Å². The molecule has 0 aliphatic rings. The number of aromatic nitrogens is 4. The maximum atomic E-state index is 11.5. The summed E-state index contributed by atoms with van der Waals surface area (Å²) in [5, 5.41) is 21.3. The van der Waals surface area contributed by atoms with Crippen molar-refractivity contribution in [3.63, 3.8) is 0 Å². The number of carbonyl (C=O) groups excluding carboxylic acids is 1. The van der Waals surface area contributed by atoms with Crippen molar-refractivity contribution in [1.29, 1.82) is 0 Å². The summed E-state index contributed by atoms with van der Waals surface area (Å²) < 4.78 is 6.42. The van der Waals surface area contributed by atoms with Crippen LogP contribution in [-0.4, -0.2) is 44.1 Å². The number of nitrogens with one attached hydrogen (secondary N) is 1. The summed E-state index contributed by atoms with van der Waals surface area (Å²) in [6.45, 7) is 3.91. The average molecular weight is 380 g/mol. The van der Waals surface area contributed by atoms with Gasteiger partial charge in [-0.3, -0.25) is 9.78 Å². The Kier molecular flexibility index (Phi) is 5.12. The zero-order valence-electron chi connectivity index (χ0n) is 16.0. The van der Waals surface area contributed by atoms with Gasteiger partial charge < -0.3 is 9.84 Å². The minimum atomic E-state index is -0.936. The van der Waals surface area contributed by atoms with Gasteiger partial charge in [0.1, 0.15) is 0 Å². The monoisotopic (exact) mass is 380 g/mol. The van der Waals surface area contributed by atoms with E-state index in [2.05, 4.69) is 15.3 Å². The number of methoxy groups -OCH3 is 1. The molecule has 4 aromatic rings. The summed E-state index contributed by atoms with van der Waals surface area (Å²) in [4.78, 5) is 22.3. The molecule has 4 rings (SSSR count). The fourth-order valence-corrected chi connectivity index (χ4v) is 3.05. The molecule has 0 aliphatic carbocycles. The molecule has 0 unspecified atom stereocenters. The number of ether oxygens (including phenoxy) is 1. The predicted octanol–water partition coefficient (Wildman–Crippen LogP) is 3.24. The first-order valence-electron chi connectivity index (χ1n) is 8.50. The smallest absolute Gasteiger partial charge is 0.340 e. The van der Waals surface area contributed by atoms with Crippen LogP contribution in [0.1, 0.15) is 31.8 Å². The number of H-pyrrole nitrogens is 1. The highest BCUT2D eigenvalue weighted by atomic mass is 16.5. The van der Waals surface area contributed by atoms with Crippen molar-refractivity contribution >= 4 is 33.7 Å². The van der Waals surface area contributed by atoms with Crippen molar-refractivity contribution in [1.82, 2.24) is 20.0 Å². The minimum absolute atomic E-state index is 0.262. The number of aromatic carboxylic acids is 1. The Morgan fingerprint density at radius 1 is 1.04 bits per heavy atom. The summed E-state index contributed by atoms with van der Waals surface area (Å²) in [7, 11) is 3.19. The molecule has 0 atom stereocenters. The molecule has 2 N–H and O–H groups in total. The molecule has 28 heavy (non-hydrogen) atoms. The third-order valence-electron chi connectivity index (χ3n) is 4.59. The zero-order valence-corrected chi connectivity index (χ0v) is 16.0. The van der Waals surface area contributed by atoms with Crippen molar-refractivity contribution < 1.29 is 19.4 Å². The Balaban J connectivity index is 0.000000162. The van der Waals surface area contributed by atoms with Crippen LogP contribution in [0, 0.1) is 13.8 Å². The summed E-state index contributed by atoms with van der Waals surface area (Å²) in [6, 6.07) is 7.03. The highest BCUT2D eigenvalue weighted by molar-refractivity contribution is 6.04. The molecule has 2 aromatic heterocycles. The first-order chi connectivity index (χ1) is 13.3. The van der Waals surface area contributed by atoms with Crippen LogP contribution in [0.4, 0.5) is 0 Å². The number of esters is 1. The van der Waals surface area contributed by atoms with E-state index in [-0.39, 0.29) is 11.5 Å². The van der Waals surface area contributed by atoms with Crippen molar-refractivity contribution in [2.24, 2.45) is 7.05 Å². The predicted molar refractivity (Wildman–Crippen MR) is 105 cm³/mol. The molecular formula is C20H20N4O4. The second kappa shape index (κ2) is 7.51. The van der Waals surface area contributed by atoms with E-state index in [0.29, 0.717) is 11.1 Å². The standard InChI is InChI=1S/C11H12N2O2.C9H8N2O2/c1-7-4-5-8(11(14)15-3)10-9(7)6-12-13(10)2;1-5-2-3-6(9(12)13)8-7(5)4-10-11-8/h4-6H,1-3H3;2-4H,1H3,(H,10,11)(H,12,13). The maximum Gasteiger partial charge on any atom is 0.340 e. The normalized spacial score (nSPS) is 10.6. The number of hydrogen-bond donors (Lipinski definition) is 2. The van der Waals surface area contributed by atoms with Gasteiger partial charge in [-0.2, -0.15) is 10.2 Å². The van der Waals surface area contributed by atoms with Crippen molar-refractivity contribution in [3.8, 4) is 0 Å². The molecule has 144 valence electrons. The lowest BCUT2D eigenvalue weighted by Crippen LogP contribution is -2.05. The summed E-state index contributed by atoms with van der Waals surface area (Å²) in [5.41, 5.74) is 4.35. The number of fused-ring (bicyclic) bond motifs is 2. The van der Waals surface area contributed by atoms with E-state index in [1.807, 2.05) is 27.0 Å². The summed E-state index contributed by atoms with van der Waals surface area (Å²) in [5.74, 6) is -1.27. The van der Waals surface area contributed by atoms with Crippen LogP contribution in [0.2, 0.25) is 0 Å². The van der Waals surface area contributed by atoms with Crippen molar-refractivity contribution in [3.05, 3.63) is 58.9 Å². The molecule has 0 bridgehead atoms. The Morgan fingerprint density at radius 3 is 2.32 bits per heavy atom. The average Bonchev–Trinajstić information content (AvgIpc) is 3.31. The fraction of sp³-hybridized carbons (Fsp3) is 0.200. The lowest BCUT2D eigenvalue weighted by molar-refractivity contribution is 0.0601. The van der Waals surface area contributed by atoms with E-state index >= 15 is 0 Å². The third-order valence-corrected chi connectivity index (χ3v) is 4.59. The lowest BCUT2D eigenvalue weighted by atomic mass is 10.1. The van der Waals surface area contributed by atoms with Crippen molar-refractivity contribution in [2.75, 3.05) is 7.11 Å². The number of benzene rings is 2. The molecule has 8 nitrogen and oxygen atoms in total. The number of carbonyl (C=O) groups is 2. The van der Waals surface area contributed by atoms with E-state index in [1.54, 1.807) is 35.3 Å². The van der Waals surface area contributed by atoms with E-state index < -0.39 is 5.97 Å². The number of aromatic amines is 1. The van der Waals surface area contributed by atoms with Gasteiger partial charge in [0.25, 0.3) is 0 Å². The van der Waals surface area contributed by atoms with Gasteiger partial charge in [-0.1, -0.05) is 12.1 Å². The molecule has 0 amide bonds. The number of aryl methyl sites for hydroxylation is 3. The topological polar surface area (TPSA) is 110 Å². The van der Waals surface area contributed by atoms with Crippen LogP contribution in [0.25, 0.3) is 21.8 Å². The van der Waals surface area contributed by atoms with Crippen LogP contribution >= 0.6 is 0 Å². The van der Waals surface area contributed by atoms with Gasteiger partial charge in [0.05, 0.1) is 41.7 Å². The fourth-order valence-electron chi connectivity index (χ4n) is 3.05. The first kappa shape index (κ1) is 19.1. The maximum absolute atomic E-state index is 11.5. The molecule has 8 heteroatoms. The highest BCUT2D eigenvalue weighted by Crippen LogP contribution is 2.22. The highest BCUT2D eigenvalue weighted by Gasteiger charge is 2.14. The van der Waals surface area contributed by atoms with Crippen LogP contribution in [0.5, 0.6) is 0 Å². The van der Waals surface area contributed by atoms with Crippen LogP contribution in [0.15, 0.2) is 36.7 Å².